The molecular formula is C10H22N2O. The SMILES string of the molecule is CNCCCO[C@H]1CC[C@H](N)CC1. The molecule has 3 N–H and O–H groups in total. The zero-order valence-corrected chi connectivity index (χ0v) is 8.59. The van der Waals surface area contributed by atoms with Gasteiger partial charge in [-0.3, -0.25) is 0 Å². The number of hydrogen-bond acceptors (Lipinski definition) is 3. The Balaban J connectivity index is 1.96. The molecule has 1 saturated carbocycles. The lowest BCUT2D eigenvalue weighted by Gasteiger charge is -2.26. The lowest BCUT2D eigenvalue weighted by atomic mass is 9.94. The molecule has 0 spiro atoms. The van der Waals surface area contributed by atoms with E-state index in [0.29, 0.717) is 12.1 Å². The van der Waals surface area contributed by atoms with E-state index in [1.807, 2.05) is 7.05 Å². The molecule has 0 aromatic rings. The van der Waals surface area contributed by atoms with Crippen LogP contribution in [-0.2, 0) is 4.74 Å². The minimum Gasteiger partial charge on any atom is -0.378 e. The van der Waals surface area contributed by atoms with Crippen molar-refractivity contribution in [2.24, 2.45) is 5.73 Å². The predicted molar refractivity (Wildman–Crippen MR) is 54.7 cm³/mol. The summed E-state index contributed by atoms with van der Waals surface area (Å²) in [6.07, 6.45) is 6.17. The van der Waals surface area contributed by atoms with Crippen LogP contribution in [0.15, 0.2) is 0 Å². The molecule has 0 amide bonds. The van der Waals surface area contributed by atoms with Crippen LogP contribution in [0.5, 0.6) is 0 Å². The highest BCUT2D eigenvalue weighted by Gasteiger charge is 2.18. The molecule has 3 heteroatoms. The van der Waals surface area contributed by atoms with Crippen molar-refractivity contribution in [3.63, 3.8) is 0 Å². The molecule has 3 nitrogen and oxygen atoms in total. The second-order valence-electron chi connectivity index (χ2n) is 3.86. The van der Waals surface area contributed by atoms with Gasteiger partial charge >= 0.3 is 0 Å². The molecule has 1 aliphatic carbocycles. The van der Waals surface area contributed by atoms with Gasteiger partial charge in [0.1, 0.15) is 0 Å². The summed E-state index contributed by atoms with van der Waals surface area (Å²) in [7, 11) is 1.97. The molecule has 1 aliphatic rings. The molecule has 1 fully saturated rings. The lowest BCUT2D eigenvalue weighted by molar-refractivity contribution is 0.0242. The standard InChI is InChI=1S/C10H22N2O/c1-12-7-2-8-13-10-5-3-9(11)4-6-10/h9-10,12H,2-8,11H2,1H3/t9-,10-. The van der Waals surface area contributed by atoms with Crippen LogP contribution in [0.4, 0.5) is 0 Å². The van der Waals surface area contributed by atoms with Crippen LogP contribution in [0.25, 0.3) is 0 Å². The topological polar surface area (TPSA) is 47.3 Å². The molecule has 1 rings (SSSR count). The quantitative estimate of drug-likeness (QED) is 0.627. The van der Waals surface area contributed by atoms with Gasteiger partial charge < -0.3 is 15.8 Å². The summed E-state index contributed by atoms with van der Waals surface area (Å²) in [5, 5.41) is 3.11. The van der Waals surface area contributed by atoms with Crippen LogP contribution in [0, 0.1) is 0 Å². The molecule has 0 radical (unpaired) electrons. The summed E-state index contributed by atoms with van der Waals surface area (Å²) < 4.78 is 5.74. The monoisotopic (exact) mass is 186 g/mol. The highest BCUT2D eigenvalue weighted by Crippen LogP contribution is 2.19. The summed E-state index contributed by atoms with van der Waals surface area (Å²) in [5.41, 5.74) is 5.81. The minimum atomic E-state index is 0.428. The van der Waals surface area contributed by atoms with E-state index in [1.165, 1.54) is 0 Å². The predicted octanol–water partition coefficient (Wildman–Crippen LogP) is 0.882. The Kier molecular flexibility index (Phi) is 5.35. The van der Waals surface area contributed by atoms with Gasteiger partial charge in [-0.15, -0.1) is 0 Å². The van der Waals surface area contributed by atoms with Gasteiger partial charge in [-0.2, -0.15) is 0 Å². The van der Waals surface area contributed by atoms with Gasteiger partial charge in [0, 0.05) is 12.6 Å². The van der Waals surface area contributed by atoms with E-state index in [1.54, 1.807) is 0 Å². The Hall–Kier alpha value is -0.120. The zero-order chi connectivity index (χ0) is 9.52. The largest absolute Gasteiger partial charge is 0.378 e. The van der Waals surface area contributed by atoms with Gasteiger partial charge in [-0.1, -0.05) is 0 Å². The van der Waals surface area contributed by atoms with Crippen molar-refractivity contribution in [2.75, 3.05) is 20.2 Å². The molecule has 0 heterocycles. The van der Waals surface area contributed by atoms with Crippen LogP contribution >= 0.6 is 0 Å². The van der Waals surface area contributed by atoms with Crippen molar-refractivity contribution in [1.29, 1.82) is 0 Å². The molecule has 13 heavy (non-hydrogen) atoms. The van der Waals surface area contributed by atoms with Crippen LogP contribution < -0.4 is 11.1 Å². The van der Waals surface area contributed by atoms with E-state index in [2.05, 4.69) is 5.32 Å². The maximum atomic E-state index is 5.81. The lowest BCUT2D eigenvalue weighted by Crippen LogP contribution is -2.30. The van der Waals surface area contributed by atoms with E-state index >= 15 is 0 Å². The Morgan fingerprint density at radius 3 is 2.62 bits per heavy atom. The number of nitrogens with two attached hydrogens (primary N) is 1. The first-order chi connectivity index (χ1) is 6.33. The molecule has 0 aliphatic heterocycles. The second kappa shape index (κ2) is 6.35. The van der Waals surface area contributed by atoms with Crippen LogP contribution in [0.3, 0.4) is 0 Å². The van der Waals surface area contributed by atoms with Gasteiger partial charge in [0.05, 0.1) is 6.10 Å². The summed E-state index contributed by atoms with van der Waals surface area (Å²) in [6.45, 7) is 1.94. The Morgan fingerprint density at radius 2 is 2.00 bits per heavy atom. The molecule has 0 aromatic heterocycles. The number of rotatable bonds is 5. The van der Waals surface area contributed by atoms with Crippen molar-refractivity contribution in [3.8, 4) is 0 Å². The van der Waals surface area contributed by atoms with E-state index in [4.69, 9.17) is 10.5 Å². The normalized spacial score (nSPS) is 29.1. The van der Waals surface area contributed by atoms with Crippen molar-refractivity contribution in [1.82, 2.24) is 5.32 Å². The number of nitrogens with one attached hydrogen (secondary N) is 1. The summed E-state index contributed by atoms with van der Waals surface area (Å²) in [5.74, 6) is 0. The molecule has 0 unspecified atom stereocenters. The molecule has 0 atom stereocenters. The van der Waals surface area contributed by atoms with Crippen LogP contribution in [0.1, 0.15) is 32.1 Å². The highest BCUT2D eigenvalue weighted by molar-refractivity contribution is 4.74. The maximum Gasteiger partial charge on any atom is 0.0576 e. The van der Waals surface area contributed by atoms with Gasteiger partial charge in [0.15, 0.2) is 0 Å². The fourth-order valence-electron chi connectivity index (χ4n) is 1.75. The minimum absolute atomic E-state index is 0.428. The molecule has 78 valence electrons. The Morgan fingerprint density at radius 1 is 1.31 bits per heavy atom. The van der Waals surface area contributed by atoms with Crippen LogP contribution in [-0.4, -0.2) is 32.3 Å². The smallest absolute Gasteiger partial charge is 0.0576 e. The molecule has 0 aromatic carbocycles. The number of ether oxygens (including phenoxy) is 1. The fourth-order valence-corrected chi connectivity index (χ4v) is 1.75. The first-order valence-corrected chi connectivity index (χ1v) is 5.34. The third kappa shape index (κ3) is 4.60. The van der Waals surface area contributed by atoms with Gasteiger partial charge in [0.2, 0.25) is 0 Å². The third-order valence-corrected chi connectivity index (χ3v) is 2.64. The first kappa shape index (κ1) is 11.0. The maximum absolute atomic E-state index is 5.81. The average Bonchev–Trinajstić information content (AvgIpc) is 2.15. The molecule has 0 saturated heterocycles. The molecule has 0 bridgehead atoms. The van der Waals surface area contributed by atoms with Gasteiger partial charge in [-0.05, 0) is 45.7 Å². The van der Waals surface area contributed by atoms with E-state index < -0.39 is 0 Å². The van der Waals surface area contributed by atoms with E-state index in [0.717, 1.165) is 45.3 Å². The van der Waals surface area contributed by atoms with Crippen molar-refractivity contribution >= 4 is 0 Å². The second-order valence-corrected chi connectivity index (χ2v) is 3.86. The Bertz CT molecular complexity index is 122. The van der Waals surface area contributed by atoms with Crippen molar-refractivity contribution in [3.05, 3.63) is 0 Å². The van der Waals surface area contributed by atoms with Crippen molar-refractivity contribution in [2.45, 2.75) is 44.2 Å². The summed E-state index contributed by atoms with van der Waals surface area (Å²) in [4.78, 5) is 0. The zero-order valence-electron chi connectivity index (χ0n) is 8.59. The average molecular weight is 186 g/mol. The van der Waals surface area contributed by atoms with Gasteiger partial charge in [0.25, 0.3) is 0 Å². The first-order valence-electron chi connectivity index (χ1n) is 5.34. The van der Waals surface area contributed by atoms with E-state index in [9.17, 15) is 0 Å². The Labute approximate surface area is 81.0 Å². The summed E-state index contributed by atoms with van der Waals surface area (Å²) >= 11 is 0. The fraction of sp³-hybridized carbons (Fsp3) is 1.00. The van der Waals surface area contributed by atoms with Crippen molar-refractivity contribution < 1.29 is 4.74 Å². The van der Waals surface area contributed by atoms with E-state index in [-0.39, 0.29) is 0 Å². The van der Waals surface area contributed by atoms with Gasteiger partial charge in [-0.25, -0.2) is 0 Å². The number of hydrogen-bond donors (Lipinski definition) is 2. The third-order valence-electron chi connectivity index (χ3n) is 2.64. The summed E-state index contributed by atoms with van der Waals surface area (Å²) in [6, 6.07) is 0.428. The molecular weight excluding hydrogens is 164 g/mol. The van der Waals surface area contributed by atoms with Crippen LogP contribution in [0.2, 0.25) is 0 Å². The highest BCUT2D eigenvalue weighted by atomic mass is 16.5.